The van der Waals surface area contributed by atoms with Crippen molar-refractivity contribution >= 4 is 33.9 Å². The summed E-state index contributed by atoms with van der Waals surface area (Å²) in [7, 11) is -1.83. The van der Waals surface area contributed by atoms with Gasteiger partial charge in [0.2, 0.25) is 0 Å². The predicted molar refractivity (Wildman–Crippen MR) is 156 cm³/mol. The van der Waals surface area contributed by atoms with Crippen molar-refractivity contribution in [3.05, 3.63) is 125 Å². The highest BCUT2D eigenvalue weighted by Crippen LogP contribution is 2.21. The molecule has 0 aromatic heterocycles. The zero-order valence-corrected chi connectivity index (χ0v) is 23.8. The van der Waals surface area contributed by atoms with Crippen LogP contribution in [-0.4, -0.2) is 18.3 Å². The van der Waals surface area contributed by atoms with Gasteiger partial charge in [-0.1, -0.05) is 141 Å². The molecule has 4 aromatic carbocycles. The van der Waals surface area contributed by atoms with Crippen LogP contribution in [0, 0.1) is 27.7 Å². The summed E-state index contributed by atoms with van der Waals surface area (Å²) >= 11 is 0. The van der Waals surface area contributed by atoms with Gasteiger partial charge in [-0.3, -0.25) is 0 Å². The van der Waals surface area contributed by atoms with E-state index in [1.54, 1.807) is 15.6 Å². The molecule has 0 aliphatic heterocycles. The molecular weight excluding hydrogens is 441 g/mol. The Balaban J connectivity index is 1.73. The van der Waals surface area contributed by atoms with Gasteiger partial charge in [0.05, 0.1) is 9.52 Å². The molecule has 0 nitrogen and oxygen atoms in total. The van der Waals surface area contributed by atoms with Gasteiger partial charge in [-0.15, -0.1) is 0 Å². The topological polar surface area (TPSA) is 0 Å². The molecule has 0 aliphatic rings. The van der Waals surface area contributed by atoms with Gasteiger partial charge in [0, 0.05) is 0 Å². The van der Waals surface area contributed by atoms with E-state index in [1.807, 2.05) is 0 Å². The first kappa shape index (κ1) is 24.4. The molecule has 174 valence electrons. The molecule has 1 atom stereocenters. The lowest BCUT2D eigenvalue weighted by Gasteiger charge is -2.28. The third-order valence-electron chi connectivity index (χ3n) is 6.90. The third-order valence-corrected chi connectivity index (χ3v) is 14.3. The molecule has 0 saturated heterocycles. The Kier molecular flexibility index (Phi) is 8.36. The lowest BCUT2D eigenvalue weighted by Crippen LogP contribution is -2.50. The summed E-state index contributed by atoms with van der Waals surface area (Å²) in [5.41, 5.74) is 7.09. The minimum Gasteiger partial charge on any atom is -0.0669 e. The van der Waals surface area contributed by atoms with Crippen LogP contribution in [0.4, 0.5) is 0 Å². The fourth-order valence-corrected chi connectivity index (χ4v) is 14.5. The van der Waals surface area contributed by atoms with E-state index in [4.69, 9.17) is 0 Å². The quantitative estimate of drug-likeness (QED) is 0.293. The van der Waals surface area contributed by atoms with E-state index in [-0.39, 0.29) is 0 Å². The smallest absolute Gasteiger partial charge is 0.0669 e. The number of benzene rings is 4. The third kappa shape index (κ3) is 6.68. The van der Waals surface area contributed by atoms with Gasteiger partial charge < -0.3 is 0 Å². The van der Waals surface area contributed by atoms with Crippen LogP contribution in [0.25, 0.3) is 0 Å². The SMILES string of the molecule is Cc1cc(C)cc([SiH](c2cc(C)cc(C)c2)[C@H](CCCc2ccccc2)[SiH2]c2ccccc2)c1. The minimum atomic E-state index is -1.41. The Morgan fingerprint density at radius 3 is 1.59 bits per heavy atom. The average molecular weight is 479 g/mol. The summed E-state index contributed by atoms with van der Waals surface area (Å²) in [6, 6.07) is 37.1. The molecule has 0 fully saturated rings. The molecular formula is C32H38Si2. The van der Waals surface area contributed by atoms with E-state index in [2.05, 4.69) is 125 Å². The first-order valence-corrected chi connectivity index (χ1v) is 16.1. The van der Waals surface area contributed by atoms with Crippen LogP contribution in [-0.2, 0) is 6.42 Å². The zero-order chi connectivity index (χ0) is 23.9. The van der Waals surface area contributed by atoms with Crippen LogP contribution in [0.5, 0.6) is 0 Å². The van der Waals surface area contributed by atoms with Crippen molar-refractivity contribution in [3.63, 3.8) is 0 Å². The van der Waals surface area contributed by atoms with Crippen molar-refractivity contribution in [3.8, 4) is 0 Å². The summed E-state index contributed by atoms with van der Waals surface area (Å²) in [4.78, 5) is 0. The predicted octanol–water partition coefficient (Wildman–Crippen LogP) is 5.11. The number of rotatable bonds is 9. The van der Waals surface area contributed by atoms with Crippen molar-refractivity contribution in [2.45, 2.75) is 52.1 Å². The highest BCUT2D eigenvalue weighted by Gasteiger charge is 2.28. The fourth-order valence-electron chi connectivity index (χ4n) is 5.63. The Labute approximate surface area is 210 Å². The molecule has 0 spiro atoms. The first-order valence-electron chi connectivity index (χ1n) is 12.7. The van der Waals surface area contributed by atoms with E-state index in [9.17, 15) is 0 Å². The molecule has 0 bridgehead atoms. The molecule has 0 saturated carbocycles. The maximum absolute atomic E-state index is 2.51. The Hall–Kier alpha value is -2.69. The summed E-state index contributed by atoms with van der Waals surface area (Å²) < 4.78 is 0. The van der Waals surface area contributed by atoms with E-state index in [1.165, 1.54) is 47.1 Å². The number of hydrogen-bond acceptors (Lipinski definition) is 0. The first-order chi connectivity index (χ1) is 16.5. The van der Waals surface area contributed by atoms with Crippen molar-refractivity contribution in [2.24, 2.45) is 0 Å². The lowest BCUT2D eigenvalue weighted by atomic mass is 10.1. The molecule has 0 heterocycles. The second-order valence-electron chi connectivity index (χ2n) is 10.1. The van der Waals surface area contributed by atoms with Gasteiger partial charge in [-0.2, -0.15) is 0 Å². The van der Waals surface area contributed by atoms with E-state index in [0.29, 0.717) is 0 Å². The largest absolute Gasteiger partial charge is 0.103 e. The highest BCUT2D eigenvalue weighted by molar-refractivity contribution is 6.93. The molecule has 2 heteroatoms. The van der Waals surface area contributed by atoms with Crippen LogP contribution in [0.15, 0.2) is 97.1 Å². The van der Waals surface area contributed by atoms with Gasteiger partial charge in [0.1, 0.15) is 8.80 Å². The molecule has 4 rings (SSSR count). The molecule has 34 heavy (non-hydrogen) atoms. The maximum atomic E-state index is 2.51. The molecule has 4 aromatic rings. The summed E-state index contributed by atoms with van der Waals surface area (Å²) in [5, 5.41) is 5.69. The van der Waals surface area contributed by atoms with Crippen LogP contribution < -0.4 is 15.6 Å². The molecule has 0 amide bonds. The van der Waals surface area contributed by atoms with Crippen LogP contribution >= 0.6 is 0 Å². The van der Waals surface area contributed by atoms with Gasteiger partial charge in [0.25, 0.3) is 0 Å². The van der Waals surface area contributed by atoms with Crippen molar-refractivity contribution in [1.82, 2.24) is 0 Å². The van der Waals surface area contributed by atoms with Gasteiger partial charge in [-0.25, -0.2) is 0 Å². The van der Waals surface area contributed by atoms with Gasteiger partial charge in [-0.05, 0) is 51.3 Å². The van der Waals surface area contributed by atoms with E-state index in [0.717, 1.165) is 5.16 Å². The maximum Gasteiger partial charge on any atom is 0.103 e. The van der Waals surface area contributed by atoms with Crippen molar-refractivity contribution in [1.29, 1.82) is 0 Å². The summed E-state index contributed by atoms with van der Waals surface area (Å²) in [5.74, 6) is 0. The van der Waals surface area contributed by atoms with E-state index < -0.39 is 18.3 Å². The van der Waals surface area contributed by atoms with Gasteiger partial charge >= 0.3 is 0 Å². The second kappa shape index (κ2) is 11.6. The number of hydrogen-bond donors (Lipinski definition) is 0. The van der Waals surface area contributed by atoms with Crippen LogP contribution in [0.2, 0.25) is 5.16 Å². The highest BCUT2D eigenvalue weighted by atomic mass is 28.3. The van der Waals surface area contributed by atoms with Crippen molar-refractivity contribution in [2.75, 3.05) is 0 Å². The average Bonchev–Trinajstić information content (AvgIpc) is 2.79. The number of aryl methyl sites for hydroxylation is 5. The molecule has 0 radical (unpaired) electrons. The van der Waals surface area contributed by atoms with E-state index >= 15 is 0 Å². The molecule has 0 N–H and O–H groups in total. The standard InChI is InChI=1S/C32H38Si2/c1-24-18-25(2)21-30(20-24)34(31-22-26(3)19-27(4)23-31)32(33-29-15-9-6-10-16-29)17-11-14-28-12-7-5-8-13-28/h5-10,12-13,15-16,18-23,32,34H,11,14,17,33H2,1-4H3/t32-/m1/s1. The Morgan fingerprint density at radius 2 is 1.09 bits per heavy atom. The summed E-state index contributed by atoms with van der Waals surface area (Å²) in [6.07, 6.45) is 3.78. The minimum absolute atomic E-state index is 0.420. The fraction of sp³-hybridized carbons (Fsp3) is 0.250. The monoisotopic (exact) mass is 478 g/mol. The van der Waals surface area contributed by atoms with Gasteiger partial charge in [0.15, 0.2) is 0 Å². The van der Waals surface area contributed by atoms with Crippen LogP contribution in [0.3, 0.4) is 0 Å². The molecule has 0 unspecified atom stereocenters. The normalized spacial score (nSPS) is 12.5. The molecule has 0 aliphatic carbocycles. The Morgan fingerprint density at radius 1 is 0.618 bits per heavy atom. The van der Waals surface area contributed by atoms with Crippen LogP contribution in [0.1, 0.15) is 40.7 Å². The lowest BCUT2D eigenvalue weighted by molar-refractivity contribution is 0.766. The zero-order valence-electron chi connectivity index (χ0n) is 21.2. The van der Waals surface area contributed by atoms with Crippen molar-refractivity contribution < 1.29 is 0 Å². The Bertz CT molecular complexity index is 1110. The second-order valence-corrected chi connectivity index (χ2v) is 16.6. The summed E-state index contributed by atoms with van der Waals surface area (Å²) in [6.45, 7) is 9.07.